The summed E-state index contributed by atoms with van der Waals surface area (Å²) in [6.45, 7) is 9.67. The van der Waals surface area contributed by atoms with Crippen LogP contribution in [0.4, 0.5) is 5.69 Å². The molecular formula is C14H21N3S. The number of anilines is 1. The highest BCUT2D eigenvalue weighted by atomic mass is 32.1. The van der Waals surface area contributed by atoms with Crippen molar-refractivity contribution >= 4 is 23.0 Å². The Morgan fingerprint density at radius 1 is 1.17 bits per heavy atom. The van der Waals surface area contributed by atoms with Crippen molar-refractivity contribution in [2.75, 3.05) is 38.0 Å². The molecule has 0 atom stereocenters. The second-order valence-corrected chi connectivity index (χ2v) is 5.10. The first-order chi connectivity index (χ1) is 8.69. The molecule has 3 nitrogen and oxygen atoms in total. The van der Waals surface area contributed by atoms with Gasteiger partial charge in [0.05, 0.1) is 0 Å². The Morgan fingerprint density at radius 3 is 2.33 bits per heavy atom. The highest BCUT2D eigenvalue weighted by Crippen LogP contribution is 2.11. The van der Waals surface area contributed by atoms with Gasteiger partial charge in [-0.1, -0.05) is 24.6 Å². The summed E-state index contributed by atoms with van der Waals surface area (Å²) in [5.41, 5.74) is 2.34. The maximum absolute atomic E-state index is 5.46. The van der Waals surface area contributed by atoms with Crippen LogP contribution in [0.2, 0.25) is 0 Å². The second kappa shape index (κ2) is 6.16. The third-order valence-electron chi connectivity index (χ3n) is 3.41. The molecule has 1 saturated heterocycles. The first-order valence-electron chi connectivity index (χ1n) is 6.54. The molecule has 0 radical (unpaired) electrons. The predicted octanol–water partition coefficient (Wildman–Crippen LogP) is 2.33. The highest BCUT2D eigenvalue weighted by molar-refractivity contribution is 7.80. The molecule has 0 saturated carbocycles. The van der Waals surface area contributed by atoms with E-state index in [1.54, 1.807) is 0 Å². The van der Waals surface area contributed by atoms with E-state index in [1.165, 1.54) is 5.56 Å². The average Bonchev–Trinajstić information content (AvgIpc) is 2.41. The number of thiocarbonyl (C=S) groups is 1. The summed E-state index contributed by atoms with van der Waals surface area (Å²) in [4.78, 5) is 4.70. The molecule has 0 aliphatic carbocycles. The van der Waals surface area contributed by atoms with Gasteiger partial charge in [0, 0.05) is 31.9 Å². The molecule has 1 aromatic carbocycles. The molecule has 4 heteroatoms. The maximum atomic E-state index is 5.46. The zero-order chi connectivity index (χ0) is 13.0. The fourth-order valence-electron chi connectivity index (χ4n) is 2.11. The number of likely N-dealkylation sites (N-methyl/N-ethyl adjacent to an activating group) is 1. The van der Waals surface area contributed by atoms with Crippen LogP contribution in [0.1, 0.15) is 12.5 Å². The van der Waals surface area contributed by atoms with Gasteiger partial charge in [-0.2, -0.15) is 0 Å². The van der Waals surface area contributed by atoms with Gasteiger partial charge in [0.25, 0.3) is 0 Å². The van der Waals surface area contributed by atoms with Crippen LogP contribution in [0.5, 0.6) is 0 Å². The molecule has 1 aromatic rings. The van der Waals surface area contributed by atoms with Crippen LogP contribution in [0.25, 0.3) is 0 Å². The van der Waals surface area contributed by atoms with Crippen LogP contribution < -0.4 is 5.32 Å². The van der Waals surface area contributed by atoms with Crippen molar-refractivity contribution < 1.29 is 0 Å². The van der Waals surface area contributed by atoms with E-state index < -0.39 is 0 Å². The summed E-state index contributed by atoms with van der Waals surface area (Å²) in [5.74, 6) is 0. The number of aryl methyl sites for hydroxylation is 1. The van der Waals surface area contributed by atoms with Gasteiger partial charge in [-0.25, -0.2) is 0 Å². The van der Waals surface area contributed by atoms with E-state index in [0.717, 1.165) is 43.5 Å². The molecule has 1 aliphatic heterocycles. The summed E-state index contributed by atoms with van der Waals surface area (Å²) >= 11 is 5.46. The molecule has 2 rings (SSSR count). The van der Waals surface area contributed by atoms with E-state index in [-0.39, 0.29) is 0 Å². The smallest absolute Gasteiger partial charge is 0.173 e. The topological polar surface area (TPSA) is 18.5 Å². The van der Waals surface area contributed by atoms with Crippen LogP contribution >= 0.6 is 12.2 Å². The molecule has 1 fully saturated rings. The van der Waals surface area contributed by atoms with Gasteiger partial charge >= 0.3 is 0 Å². The van der Waals surface area contributed by atoms with Crippen molar-refractivity contribution in [1.82, 2.24) is 9.80 Å². The average molecular weight is 263 g/mol. The Bertz CT molecular complexity index is 394. The maximum Gasteiger partial charge on any atom is 0.173 e. The minimum atomic E-state index is 0.842. The predicted molar refractivity (Wildman–Crippen MR) is 81.1 cm³/mol. The van der Waals surface area contributed by atoms with Crippen LogP contribution in [0.3, 0.4) is 0 Å². The zero-order valence-corrected chi connectivity index (χ0v) is 12.0. The lowest BCUT2D eigenvalue weighted by Gasteiger charge is -2.35. The SMILES string of the molecule is CCN1CCN(C(=S)Nc2ccc(C)cc2)CC1. The van der Waals surface area contributed by atoms with Crippen molar-refractivity contribution in [1.29, 1.82) is 0 Å². The molecule has 1 heterocycles. The van der Waals surface area contributed by atoms with Crippen molar-refractivity contribution in [3.05, 3.63) is 29.8 Å². The van der Waals surface area contributed by atoms with E-state index in [2.05, 4.69) is 53.2 Å². The number of piperazine rings is 1. The Morgan fingerprint density at radius 2 is 1.78 bits per heavy atom. The molecule has 0 amide bonds. The molecule has 18 heavy (non-hydrogen) atoms. The van der Waals surface area contributed by atoms with E-state index in [1.807, 2.05) is 0 Å². The van der Waals surface area contributed by atoms with E-state index in [9.17, 15) is 0 Å². The lowest BCUT2D eigenvalue weighted by Crippen LogP contribution is -2.49. The zero-order valence-electron chi connectivity index (χ0n) is 11.1. The minimum absolute atomic E-state index is 0.842. The fraction of sp³-hybridized carbons (Fsp3) is 0.500. The number of nitrogens with one attached hydrogen (secondary N) is 1. The van der Waals surface area contributed by atoms with Gasteiger partial charge in [-0.15, -0.1) is 0 Å². The lowest BCUT2D eigenvalue weighted by molar-refractivity contribution is 0.191. The third-order valence-corrected chi connectivity index (χ3v) is 3.77. The van der Waals surface area contributed by atoms with Gasteiger partial charge in [0.2, 0.25) is 0 Å². The van der Waals surface area contributed by atoms with Crippen molar-refractivity contribution in [2.24, 2.45) is 0 Å². The summed E-state index contributed by atoms with van der Waals surface area (Å²) < 4.78 is 0. The van der Waals surface area contributed by atoms with Crippen molar-refractivity contribution in [2.45, 2.75) is 13.8 Å². The normalized spacial score (nSPS) is 16.7. The van der Waals surface area contributed by atoms with Crippen LogP contribution in [0.15, 0.2) is 24.3 Å². The molecule has 1 aliphatic rings. The standard InChI is InChI=1S/C14H21N3S/c1-3-16-8-10-17(11-9-16)14(18)15-13-6-4-12(2)5-7-13/h4-7H,3,8-11H2,1-2H3,(H,15,18). The Balaban J connectivity index is 1.87. The third kappa shape index (κ3) is 3.43. The fourth-order valence-corrected chi connectivity index (χ4v) is 2.41. The Hall–Kier alpha value is -1.13. The van der Waals surface area contributed by atoms with Gasteiger partial charge in [0.1, 0.15) is 0 Å². The van der Waals surface area contributed by atoms with Crippen molar-refractivity contribution in [3.63, 3.8) is 0 Å². The van der Waals surface area contributed by atoms with Gasteiger partial charge in [-0.3, -0.25) is 0 Å². The molecular weight excluding hydrogens is 242 g/mol. The summed E-state index contributed by atoms with van der Waals surface area (Å²) in [6, 6.07) is 8.34. The van der Waals surface area contributed by atoms with Gasteiger partial charge in [0.15, 0.2) is 5.11 Å². The van der Waals surface area contributed by atoms with Gasteiger partial charge in [-0.05, 0) is 37.8 Å². The quantitative estimate of drug-likeness (QED) is 0.825. The second-order valence-electron chi connectivity index (χ2n) is 4.72. The monoisotopic (exact) mass is 263 g/mol. The van der Waals surface area contributed by atoms with Gasteiger partial charge < -0.3 is 15.1 Å². The Labute approximate surface area is 115 Å². The van der Waals surface area contributed by atoms with E-state index in [4.69, 9.17) is 12.2 Å². The summed E-state index contributed by atoms with van der Waals surface area (Å²) in [7, 11) is 0. The molecule has 0 aromatic heterocycles. The highest BCUT2D eigenvalue weighted by Gasteiger charge is 2.17. The van der Waals surface area contributed by atoms with Crippen LogP contribution in [-0.2, 0) is 0 Å². The molecule has 98 valence electrons. The first-order valence-corrected chi connectivity index (χ1v) is 6.95. The Kier molecular flexibility index (Phi) is 4.55. The number of hydrogen-bond donors (Lipinski definition) is 1. The number of nitrogens with zero attached hydrogens (tertiary/aromatic N) is 2. The van der Waals surface area contributed by atoms with Crippen LogP contribution in [0, 0.1) is 6.92 Å². The summed E-state index contributed by atoms with van der Waals surface area (Å²) in [5, 5.41) is 4.15. The molecule has 0 bridgehead atoms. The van der Waals surface area contributed by atoms with Crippen molar-refractivity contribution in [3.8, 4) is 0 Å². The number of hydrogen-bond acceptors (Lipinski definition) is 2. The minimum Gasteiger partial charge on any atom is -0.346 e. The van der Waals surface area contributed by atoms with Crippen LogP contribution in [-0.4, -0.2) is 47.6 Å². The largest absolute Gasteiger partial charge is 0.346 e. The molecule has 1 N–H and O–H groups in total. The molecule has 0 unspecified atom stereocenters. The number of rotatable bonds is 2. The first kappa shape index (κ1) is 13.3. The lowest BCUT2D eigenvalue weighted by atomic mass is 10.2. The number of benzene rings is 1. The molecule has 0 spiro atoms. The summed E-state index contributed by atoms with van der Waals surface area (Å²) in [6.07, 6.45) is 0. The van der Waals surface area contributed by atoms with E-state index >= 15 is 0 Å². The van der Waals surface area contributed by atoms with E-state index in [0.29, 0.717) is 0 Å².